The molecular formula is C11H14ClN3O3. The zero-order valence-electron chi connectivity index (χ0n) is 9.67. The van der Waals surface area contributed by atoms with Gasteiger partial charge < -0.3 is 20.3 Å². The van der Waals surface area contributed by atoms with Gasteiger partial charge >= 0.3 is 0 Å². The van der Waals surface area contributed by atoms with E-state index in [-0.39, 0.29) is 23.0 Å². The lowest BCUT2D eigenvalue weighted by Crippen LogP contribution is -2.35. The predicted octanol–water partition coefficient (Wildman–Crippen LogP) is 1.67. The summed E-state index contributed by atoms with van der Waals surface area (Å²) in [6.07, 6.45) is 3.65. The number of furan rings is 1. The molecule has 1 aromatic heterocycles. The molecule has 1 saturated carbocycles. The van der Waals surface area contributed by atoms with Gasteiger partial charge in [0.2, 0.25) is 5.22 Å². The van der Waals surface area contributed by atoms with Crippen LogP contribution in [0.3, 0.4) is 0 Å². The highest BCUT2D eigenvalue weighted by molar-refractivity contribution is 6.32. The molecule has 2 rings (SSSR count). The summed E-state index contributed by atoms with van der Waals surface area (Å²) < 4.78 is 4.91. The van der Waals surface area contributed by atoms with E-state index in [9.17, 15) is 4.79 Å². The second-order valence-corrected chi connectivity index (χ2v) is 4.52. The number of rotatable bonds is 5. The van der Waals surface area contributed by atoms with Crippen LogP contribution in [-0.2, 0) is 0 Å². The molecule has 1 heterocycles. The summed E-state index contributed by atoms with van der Waals surface area (Å²) >= 11 is 5.79. The van der Waals surface area contributed by atoms with E-state index in [1.807, 2.05) is 0 Å². The molecule has 0 bridgehead atoms. The van der Waals surface area contributed by atoms with Gasteiger partial charge in [-0.2, -0.15) is 0 Å². The van der Waals surface area contributed by atoms with Crippen molar-refractivity contribution in [1.29, 1.82) is 0 Å². The van der Waals surface area contributed by atoms with Crippen LogP contribution < -0.4 is 5.73 Å². The minimum Gasteiger partial charge on any atom is -0.452 e. The third kappa shape index (κ3) is 2.76. The number of nitrogens with two attached hydrogens (primary N) is 1. The fraction of sp³-hybridized carbons (Fsp3) is 0.455. The largest absolute Gasteiger partial charge is 0.452 e. The maximum atomic E-state index is 12.2. The first-order valence-electron chi connectivity index (χ1n) is 5.64. The van der Waals surface area contributed by atoms with Gasteiger partial charge in [-0.25, -0.2) is 0 Å². The number of amides is 1. The van der Waals surface area contributed by atoms with Crippen LogP contribution in [0.4, 0.5) is 0 Å². The lowest BCUT2D eigenvalue weighted by atomic mass is 10.2. The quantitative estimate of drug-likeness (QED) is 0.369. The molecule has 1 fully saturated rings. The maximum absolute atomic E-state index is 12.2. The molecule has 3 N–H and O–H groups in total. The number of hydrogen-bond donors (Lipinski definition) is 2. The smallest absolute Gasteiger partial charge is 0.258 e. The molecule has 0 atom stereocenters. The van der Waals surface area contributed by atoms with Gasteiger partial charge in [0.15, 0.2) is 0 Å². The summed E-state index contributed by atoms with van der Waals surface area (Å²) in [6.45, 7) is 0.404. The Bertz CT molecular complexity index is 468. The molecule has 18 heavy (non-hydrogen) atoms. The molecule has 1 aliphatic rings. The average Bonchev–Trinajstić information content (AvgIpc) is 3.10. The lowest BCUT2D eigenvalue weighted by molar-refractivity contribution is 0.0747. The van der Waals surface area contributed by atoms with Crippen LogP contribution in [0.25, 0.3) is 0 Å². The highest BCUT2D eigenvalue weighted by Gasteiger charge is 2.34. The van der Waals surface area contributed by atoms with Crippen molar-refractivity contribution in [2.24, 2.45) is 10.9 Å². The van der Waals surface area contributed by atoms with Crippen molar-refractivity contribution in [3.8, 4) is 0 Å². The second kappa shape index (κ2) is 5.30. The van der Waals surface area contributed by atoms with E-state index in [2.05, 4.69) is 5.16 Å². The van der Waals surface area contributed by atoms with E-state index in [4.69, 9.17) is 27.0 Å². The molecule has 0 unspecified atom stereocenters. The van der Waals surface area contributed by atoms with Crippen molar-refractivity contribution in [2.45, 2.75) is 25.3 Å². The van der Waals surface area contributed by atoms with Crippen molar-refractivity contribution in [1.82, 2.24) is 4.90 Å². The van der Waals surface area contributed by atoms with Crippen molar-refractivity contribution in [3.63, 3.8) is 0 Å². The van der Waals surface area contributed by atoms with E-state index in [1.165, 1.54) is 6.26 Å². The number of amidine groups is 1. The SMILES string of the molecule is N/C(CCN(C(=O)c1ccoc1Cl)C1CC1)=N/O. The summed E-state index contributed by atoms with van der Waals surface area (Å²) in [6, 6.07) is 1.76. The summed E-state index contributed by atoms with van der Waals surface area (Å²) in [4.78, 5) is 13.9. The summed E-state index contributed by atoms with van der Waals surface area (Å²) in [5.74, 6) is -0.0752. The van der Waals surface area contributed by atoms with Crippen molar-refractivity contribution in [3.05, 3.63) is 23.1 Å². The number of nitrogens with zero attached hydrogens (tertiary/aromatic N) is 2. The summed E-state index contributed by atoms with van der Waals surface area (Å²) in [5, 5.41) is 11.5. The Labute approximate surface area is 109 Å². The molecule has 0 radical (unpaired) electrons. The van der Waals surface area contributed by atoms with Gasteiger partial charge in [0.1, 0.15) is 5.84 Å². The Kier molecular flexibility index (Phi) is 3.76. The first kappa shape index (κ1) is 12.8. The number of halogens is 1. The number of carbonyl (C=O) groups is 1. The fourth-order valence-electron chi connectivity index (χ4n) is 1.72. The van der Waals surface area contributed by atoms with Crippen LogP contribution in [0.15, 0.2) is 21.9 Å². The molecule has 98 valence electrons. The Morgan fingerprint density at radius 2 is 2.39 bits per heavy atom. The number of carbonyl (C=O) groups excluding carboxylic acids is 1. The normalized spacial score (nSPS) is 15.7. The predicted molar refractivity (Wildman–Crippen MR) is 65.8 cm³/mol. The van der Waals surface area contributed by atoms with Crippen molar-refractivity contribution in [2.75, 3.05) is 6.54 Å². The van der Waals surface area contributed by atoms with E-state index >= 15 is 0 Å². The van der Waals surface area contributed by atoms with E-state index in [1.54, 1.807) is 11.0 Å². The highest BCUT2D eigenvalue weighted by Crippen LogP contribution is 2.30. The summed E-state index contributed by atoms with van der Waals surface area (Å²) in [7, 11) is 0. The zero-order valence-corrected chi connectivity index (χ0v) is 10.4. The second-order valence-electron chi connectivity index (χ2n) is 4.18. The van der Waals surface area contributed by atoms with Gasteiger partial charge in [0.25, 0.3) is 5.91 Å². The van der Waals surface area contributed by atoms with Crippen LogP contribution in [0.5, 0.6) is 0 Å². The minimum absolute atomic E-state index is 0.0921. The highest BCUT2D eigenvalue weighted by atomic mass is 35.5. The first-order chi connectivity index (χ1) is 8.63. The van der Waals surface area contributed by atoms with E-state index in [0.717, 1.165) is 12.8 Å². The van der Waals surface area contributed by atoms with Gasteiger partial charge in [0.05, 0.1) is 11.8 Å². The van der Waals surface area contributed by atoms with Crippen LogP contribution in [-0.4, -0.2) is 34.4 Å². The van der Waals surface area contributed by atoms with Gasteiger partial charge in [-0.1, -0.05) is 5.16 Å². The Morgan fingerprint density at radius 3 is 2.89 bits per heavy atom. The van der Waals surface area contributed by atoms with Gasteiger partial charge in [0, 0.05) is 19.0 Å². The molecule has 7 heteroatoms. The van der Waals surface area contributed by atoms with E-state index in [0.29, 0.717) is 18.5 Å². The third-order valence-corrected chi connectivity index (χ3v) is 3.13. The zero-order chi connectivity index (χ0) is 13.1. The molecule has 0 aliphatic heterocycles. The molecular weight excluding hydrogens is 258 g/mol. The van der Waals surface area contributed by atoms with E-state index < -0.39 is 0 Å². The van der Waals surface area contributed by atoms with Crippen LogP contribution in [0.2, 0.25) is 5.22 Å². The molecule has 1 aliphatic carbocycles. The molecule has 1 amide bonds. The maximum Gasteiger partial charge on any atom is 0.258 e. The van der Waals surface area contributed by atoms with Crippen molar-refractivity contribution < 1.29 is 14.4 Å². The van der Waals surface area contributed by atoms with Gasteiger partial charge in [-0.15, -0.1) is 0 Å². The molecule has 0 aromatic carbocycles. The molecule has 1 aromatic rings. The monoisotopic (exact) mass is 271 g/mol. The Balaban J connectivity index is 2.06. The number of hydrogen-bond acceptors (Lipinski definition) is 4. The average molecular weight is 272 g/mol. The standard InChI is InChI=1S/C11H14ClN3O3/c12-10-8(4-6-18-10)11(16)15(7-1-2-7)5-3-9(13)14-17/h4,6-7,17H,1-3,5H2,(H2,13,14). The molecule has 6 nitrogen and oxygen atoms in total. The van der Waals surface area contributed by atoms with Crippen LogP contribution >= 0.6 is 11.6 Å². The topological polar surface area (TPSA) is 92.1 Å². The van der Waals surface area contributed by atoms with Crippen LogP contribution in [0, 0.1) is 0 Å². The Morgan fingerprint density at radius 1 is 1.67 bits per heavy atom. The van der Waals surface area contributed by atoms with Crippen LogP contribution in [0.1, 0.15) is 29.6 Å². The fourth-order valence-corrected chi connectivity index (χ4v) is 1.92. The molecule has 0 saturated heterocycles. The summed E-state index contributed by atoms with van der Waals surface area (Å²) in [5.41, 5.74) is 5.76. The minimum atomic E-state index is -0.179. The lowest BCUT2D eigenvalue weighted by Gasteiger charge is -2.21. The van der Waals surface area contributed by atoms with Crippen molar-refractivity contribution >= 4 is 23.3 Å². The third-order valence-electron chi connectivity index (χ3n) is 2.83. The van der Waals surface area contributed by atoms with Gasteiger partial charge in [-0.3, -0.25) is 4.79 Å². The number of oxime groups is 1. The van der Waals surface area contributed by atoms with Gasteiger partial charge in [-0.05, 0) is 30.5 Å². The molecule has 0 spiro atoms. The Hall–Kier alpha value is -1.69. The first-order valence-corrected chi connectivity index (χ1v) is 6.01.